The van der Waals surface area contributed by atoms with Crippen molar-refractivity contribution in [3.63, 3.8) is 0 Å². The zero-order valence-electron chi connectivity index (χ0n) is 11.0. The summed E-state index contributed by atoms with van der Waals surface area (Å²) in [5, 5.41) is 3.45. The summed E-state index contributed by atoms with van der Waals surface area (Å²) in [6.45, 7) is 4.98. The largest absolute Gasteiger partial charge is 0.491 e. The highest BCUT2D eigenvalue weighted by molar-refractivity contribution is 7.85. The number of hydrogen-bond acceptors (Lipinski definition) is 3. The van der Waals surface area contributed by atoms with E-state index in [2.05, 4.69) is 17.4 Å². The van der Waals surface area contributed by atoms with Crippen LogP contribution in [0.15, 0.2) is 24.3 Å². The molecule has 0 spiro atoms. The normalized spacial score (nSPS) is 24.8. The van der Waals surface area contributed by atoms with Crippen molar-refractivity contribution in [2.24, 2.45) is 0 Å². The first kappa shape index (κ1) is 13.6. The Labute approximate surface area is 111 Å². The van der Waals surface area contributed by atoms with Crippen LogP contribution in [0, 0.1) is 0 Å². The topological polar surface area (TPSA) is 38.3 Å². The highest BCUT2D eigenvalue weighted by Crippen LogP contribution is 2.21. The van der Waals surface area contributed by atoms with E-state index in [9.17, 15) is 4.21 Å². The zero-order chi connectivity index (χ0) is 13.0. The smallest absolute Gasteiger partial charge is 0.119 e. The average Bonchev–Trinajstić information content (AvgIpc) is 2.54. The van der Waals surface area contributed by atoms with Gasteiger partial charge in [-0.1, -0.05) is 12.1 Å². The first-order valence-electron chi connectivity index (χ1n) is 6.50. The fraction of sp³-hybridized carbons (Fsp3) is 0.571. The van der Waals surface area contributed by atoms with Crippen molar-refractivity contribution in [1.82, 2.24) is 5.32 Å². The van der Waals surface area contributed by atoms with Crippen LogP contribution in [0.4, 0.5) is 0 Å². The molecule has 2 atom stereocenters. The minimum atomic E-state index is -0.696. The number of nitrogens with one attached hydrogen (secondary N) is 1. The predicted molar refractivity (Wildman–Crippen MR) is 75.4 cm³/mol. The molecule has 3 nitrogen and oxygen atoms in total. The first-order valence-corrected chi connectivity index (χ1v) is 7.99. The lowest BCUT2D eigenvalue weighted by atomic mass is 10.1. The molecule has 2 unspecified atom stereocenters. The molecule has 0 amide bonds. The molecule has 2 rings (SSSR count). The highest BCUT2D eigenvalue weighted by Gasteiger charge is 2.17. The molecule has 0 radical (unpaired) electrons. The van der Waals surface area contributed by atoms with Gasteiger partial charge in [0.05, 0.1) is 6.10 Å². The Balaban J connectivity index is 2.05. The highest BCUT2D eigenvalue weighted by atomic mass is 32.2. The van der Waals surface area contributed by atoms with Crippen LogP contribution in [0.1, 0.15) is 31.9 Å². The SMILES string of the molecule is CC(C)Oc1ccc(C2CS(=O)CCCN2)cc1. The van der Waals surface area contributed by atoms with Crippen molar-refractivity contribution < 1.29 is 8.95 Å². The second-order valence-electron chi connectivity index (χ2n) is 4.91. The van der Waals surface area contributed by atoms with E-state index < -0.39 is 10.8 Å². The van der Waals surface area contributed by atoms with E-state index in [1.54, 1.807) is 0 Å². The molecule has 4 heteroatoms. The molecular weight excluding hydrogens is 246 g/mol. The first-order chi connectivity index (χ1) is 8.65. The summed E-state index contributed by atoms with van der Waals surface area (Å²) in [7, 11) is -0.696. The molecule has 1 saturated heterocycles. The van der Waals surface area contributed by atoms with E-state index in [1.165, 1.54) is 5.56 Å². The van der Waals surface area contributed by atoms with Crippen LogP contribution >= 0.6 is 0 Å². The average molecular weight is 267 g/mol. The van der Waals surface area contributed by atoms with E-state index in [4.69, 9.17) is 4.74 Å². The van der Waals surface area contributed by atoms with Crippen LogP contribution in [-0.4, -0.2) is 28.4 Å². The summed E-state index contributed by atoms with van der Waals surface area (Å²) in [4.78, 5) is 0. The molecule has 1 aromatic carbocycles. The van der Waals surface area contributed by atoms with E-state index in [0.717, 1.165) is 24.5 Å². The molecule has 1 aliphatic rings. The van der Waals surface area contributed by atoms with Crippen LogP contribution in [-0.2, 0) is 10.8 Å². The Hall–Kier alpha value is -0.870. The second kappa shape index (κ2) is 6.34. The Morgan fingerprint density at radius 3 is 2.72 bits per heavy atom. The number of benzene rings is 1. The lowest BCUT2D eigenvalue weighted by Gasteiger charge is -2.16. The minimum absolute atomic E-state index is 0.194. The fourth-order valence-corrected chi connectivity index (χ4v) is 3.42. The zero-order valence-corrected chi connectivity index (χ0v) is 11.8. The van der Waals surface area contributed by atoms with Gasteiger partial charge in [-0.3, -0.25) is 4.21 Å². The number of ether oxygens (including phenoxy) is 1. The van der Waals surface area contributed by atoms with Crippen LogP contribution in [0.2, 0.25) is 0 Å². The maximum Gasteiger partial charge on any atom is 0.119 e. The van der Waals surface area contributed by atoms with Gasteiger partial charge >= 0.3 is 0 Å². The molecular formula is C14H21NO2S. The van der Waals surface area contributed by atoms with Crippen molar-refractivity contribution in [3.05, 3.63) is 29.8 Å². The third-order valence-corrected chi connectivity index (χ3v) is 4.40. The summed E-state index contributed by atoms with van der Waals surface area (Å²) < 4.78 is 17.3. The van der Waals surface area contributed by atoms with Crippen molar-refractivity contribution in [2.75, 3.05) is 18.1 Å². The Bertz CT molecular complexity index is 403. The molecule has 1 fully saturated rings. The Morgan fingerprint density at radius 1 is 1.33 bits per heavy atom. The lowest BCUT2D eigenvalue weighted by Crippen LogP contribution is -2.23. The summed E-state index contributed by atoms with van der Waals surface area (Å²) >= 11 is 0. The van der Waals surface area contributed by atoms with Gasteiger partial charge in [-0.25, -0.2) is 0 Å². The van der Waals surface area contributed by atoms with Gasteiger partial charge in [0.25, 0.3) is 0 Å². The van der Waals surface area contributed by atoms with Crippen molar-refractivity contribution >= 4 is 10.8 Å². The predicted octanol–water partition coefficient (Wildman–Crippen LogP) is 2.26. The minimum Gasteiger partial charge on any atom is -0.491 e. The van der Waals surface area contributed by atoms with Crippen molar-refractivity contribution in [3.8, 4) is 5.75 Å². The molecule has 0 saturated carbocycles. The van der Waals surface area contributed by atoms with Gasteiger partial charge in [0.15, 0.2) is 0 Å². The second-order valence-corrected chi connectivity index (χ2v) is 6.53. The van der Waals surface area contributed by atoms with Gasteiger partial charge in [-0.2, -0.15) is 0 Å². The van der Waals surface area contributed by atoms with Gasteiger partial charge in [0.2, 0.25) is 0 Å². The van der Waals surface area contributed by atoms with Crippen LogP contribution in [0.5, 0.6) is 5.75 Å². The standard InChI is InChI=1S/C14H21NO2S/c1-11(2)17-13-6-4-12(5-7-13)14-10-18(16)9-3-8-15-14/h4-7,11,14-15H,3,8-10H2,1-2H3. The van der Waals surface area contributed by atoms with Crippen LogP contribution < -0.4 is 10.1 Å². The van der Waals surface area contributed by atoms with E-state index in [0.29, 0.717) is 5.75 Å². The molecule has 1 heterocycles. The summed E-state index contributed by atoms with van der Waals surface area (Å²) in [5.41, 5.74) is 1.20. The van der Waals surface area contributed by atoms with Gasteiger partial charge in [0, 0.05) is 28.3 Å². The van der Waals surface area contributed by atoms with Crippen molar-refractivity contribution in [2.45, 2.75) is 32.4 Å². The van der Waals surface area contributed by atoms with E-state index in [-0.39, 0.29) is 12.1 Å². The van der Waals surface area contributed by atoms with E-state index in [1.807, 2.05) is 26.0 Å². The fourth-order valence-electron chi connectivity index (χ4n) is 2.10. The van der Waals surface area contributed by atoms with Gasteiger partial charge in [0.1, 0.15) is 5.75 Å². The van der Waals surface area contributed by atoms with Crippen LogP contribution in [0.3, 0.4) is 0 Å². The molecule has 1 aliphatic heterocycles. The molecule has 100 valence electrons. The third-order valence-electron chi connectivity index (χ3n) is 2.95. The molecule has 0 bridgehead atoms. The maximum absolute atomic E-state index is 11.7. The number of rotatable bonds is 3. The van der Waals surface area contributed by atoms with Crippen molar-refractivity contribution in [1.29, 1.82) is 0 Å². The van der Waals surface area contributed by atoms with Gasteiger partial charge in [-0.05, 0) is 44.5 Å². The molecule has 1 aromatic rings. The molecule has 1 N–H and O–H groups in total. The monoisotopic (exact) mass is 267 g/mol. The Morgan fingerprint density at radius 2 is 2.06 bits per heavy atom. The van der Waals surface area contributed by atoms with Gasteiger partial charge in [-0.15, -0.1) is 0 Å². The van der Waals surface area contributed by atoms with Gasteiger partial charge < -0.3 is 10.1 Å². The lowest BCUT2D eigenvalue weighted by molar-refractivity contribution is 0.242. The quantitative estimate of drug-likeness (QED) is 0.913. The summed E-state index contributed by atoms with van der Waals surface area (Å²) in [5.74, 6) is 2.42. The van der Waals surface area contributed by atoms with E-state index >= 15 is 0 Å². The molecule has 0 aromatic heterocycles. The Kier molecular flexibility index (Phi) is 4.78. The molecule has 18 heavy (non-hydrogen) atoms. The third kappa shape index (κ3) is 3.82. The maximum atomic E-state index is 11.7. The summed E-state index contributed by atoms with van der Waals surface area (Å²) in [6, 6.07) is 8.33. The number of hydrogen-bond donors (Lipinski definition) is 1. The van der Waals surface area contributed by atoms with Crippen LogP contribution in [0.25, 0.3) is 0 Å². The summed E-state index contributed by atoms with van der Waals surface area (Å²) in [6.07, 6.45) is 1.19. The molecule has 0 aliphatic carbocycles.